The number of hydrogen-bond acceptors (Lipinski definition) is 2. The Morgan fingerprint density at radius 1 is 1.17 bits per heavy atom. The monoisotopic (exact) mass is 413 g/mol. The number of amides is 1. The Morgan fingerprint density at radius 3 is 2.67 bits per heavy atom. The highest BCUT2D eigenvalue weighted by Gasteiger charge is 2.48. The summed E-state index contributed by atoms with van der Waals surface area (Å²) in [6.07, 6.45) is -1.87. The van der Waals surface area contributed by atoms with E-state index in [1.165, 1.54) is 12.1 Å². The Kier molecular flexibility index (Phi) is 4.38. The molecule has 2 aliphatic rings. The number of alkyl halides is 3. The topological polar surface area (TPSA) is 49.0 Å². The number of aryl methyl sites for hydroxylation is 1. The van der Waals surface area contributed by atoms with E-state index in [0.717, 1.165) is 53.0 Å². The first-order valence-corrected chi connectivity index (χ1v) is 10.2. The van der Waals surface area contributed by atoms with Gasteiger partial charge in [0, 0.05) is 12.5 Å². The van der Waals surface area contributed by atoms with E-state index < -0.39 is 11.7 Å². The zero-order valence-electron chi connectivity index (χ0n) is 16.5. The maximum absolute atomic E-state index is 13.2. The molecule has 1 aliphatic carbocycles. The van der Waals surface area contributed by atoms with Crippen LogP contribution in [0.2, 0.25) is 0 Å². The van der Waals surface area contributed by atoms with E-state index in [4.69, 9.17) is 4.98 Å². The summed E-state index contributed by atoms with van der Waals surface area (Å²) in [5.41, 5.74) is 3.16. The Balaban J connectivity index is 1.32. The molecule has 1 aliphatic heterocycles. The number of aromatic amines is 1. The molecular weight excluding hydrogens is 391 g/mol. The minimum atomic E-state index is -4.34. The quantitative estimate of drug-likeness (QED) is 0.629. The van der Waals surface area contributed by atoms with Gasteiger partial charge in [-0.1, -0.05) is 18.2 Å². The molecule has 1 aromatic heterocycles. The van der Waals surface area contributed by atoms with Crippen LogP contribution in [0.15, 0.2) is 42.5 Å². The van der Waals surface area contributed by atoms with Gasteiger partial charge in [-0.05, 0) is 67.5 Å². The summed E-state index contributed by atoms with van der Waals surface area (Å²) in [4.78, 5) is 23.2. The van der Waals surface area contributed by atoms with Gasteiger partial charge in [0.15, 0.2) is 0 Å². The summed E-state index contributed by atoms with van der Waals surface area (Å²) in [6.45, 7) is 2.72. The molecule has 0 bridgehead atoms. The summed E-state index contributed by atoms with van der Waals surface area (Å²) in [6, 6.07) is 11.2. The number of rotatable bonds is 3. The van der Waals surface area contributed by atoms with Crippen molar-refractivity contribution < 1.29 is 18.0 Å². The summed E-state index contributed by atoms with van der Waals surface area (Å²) < 4.78 is 38.3. The number of nitrogens with one attached hydrogen (secondary N) is 1. The molecular formula is C23H22F3N3O. The SMILES string of the molecule is Cc1ccc2nc(C3CCCN3C(=O)C3CC3c3ccc(C(F)(F)F)cc3)[nH]c2c1. The van der Waals surface area contributed by atoms with Crippen molar-refractivity contribution in [3.05, 3.63) is 65.0 Å². The maximum Gasteiger partial charge on any atom is 0.416 e. The van der Waals surface area contributed by atoms with Crippen molar-refractivity contribution in [1.29, 1.82) is 0 Å². The van der Waals surface area contributed by atoms with Crippen molar-refractivity contribution in [3.63, 3.8) is 0 Å². The van der Waals surface area contributed by atoms with Gasteiger partial charge in [-0.15, -0.1) is 0 Å². The summed E-state index contributed by atoms with van der Waals surface area (Å²) in [5, 5.41) is 0. The van der Waals surface area contributed by atoms with Gasteiger partial charge in [-0.3, -0.25) is 4.79 Å². The number of halogens is 3. The first kappa shape index (κ1) is 19.2. The molecule has 0 spiro atoms. The molecule has 0 radical (unpaired) electrons. The van der Waals surface area contributed by atoms with Crippen LogP contribution in [0.25, 0.3) is 11.0 Å². The molecule has 3 atom stereocenters. The van der Waals surface area contributed by atoms with Crippen LogP contribution in [0, 0.1) is 12.8 Å². The molecule has 156 valence electrons. The summed E-state index contributed by atoms with van der Waals surface area (Å²) in [7, 11) is 0. The van der Waals surface area contributed by atoms with Gasteiger partial charge in [0.1, 0.15) is 5.82 Å². The second-order valence-corrected chi connectivity index (χ2v) is 8.40. The van der Waals surface area contributed by atoms with Crippen LogP contribution < -0.4 is 0 Å². The van der Waals surface area contributed by atoms with E-state index in [9.17, 15) is 18.0 Å². The van der Waals surface area contributed by atoms with Crippen LogP contribution in [0.4, 0.5) is 13.2 Å². The molecule has 3 unspecified atom stereocenters. The van der Waals surface area contributed by atoms with E-state index >= 15 is 0 Å². The molecule has 2 fully saturated rings. The van der Waals surface area contributed by atoms with Gasteiger partial charge in [0.05, 0.1) is 22.6 Å². The average Bonchev–Trinajstić information content (AvgIpc) is 3.16. The van der Waals surface area contributed by atoms with Crippen molar-refractivity contribution in [3.8, 4) is 0 Å². The molecule has 3 aromatic rings. The van der Waals surface area contributed by atoms with E-state index in [0.29, 0.717) is 13.0 Å². The number of imidazole rings is 1. The van der Waals surface area contributed by atoms with Gasteiger partial charge in [0.25, 0.3) is 0 Å². The van der Waals surface area contributed by atoms with Crippen molar-refractivity contribution in [2.45, 2.75) is 44.3 Å². The fourth-order valence-electron chi connectivity index (χ4n) is 4.58. The molecule has 2 aromatic carbocycles. The van der Waals surface area contributed by atoms with Gasteiger partial charge >= 0.3 is 6.18 Å². The van der Waals surface area contributed by atoms with Gasteiger partial charge in [-0.2, -0.15) is 13.2 Å². The molecule has 1 N–H and O–H groups in total. The molecule has 1 saturated heterocycles. The predicted octanol–water partition coefficient (Wildman–Crippen LogP) is 5.36. The van der Waals surface area contributed by atoms with Crippen LogP contribution in [0.5, 0.6) is 0 Å². The average molecular weight is 413 g/mol. The molecule has 5 rings (SSSR count). The Labute approximate surface area is 172 Å². The lowest BCUT2D eigenvalue weighted by molar-refractivity contribution is -0.137. The highest BCUT2D eigenvalue weighted by molar-refractivity contribution is 5.84. The highest BCUT2D eigenvalue weighted by Crippen LogP contribution is 2.50. The largest absolute Gasteiger partial charge is 0.416 e. The van der Waals surface area contributed by atoms with Crippen molar-refractivity contribution in [1.82, 2.24) is 14.9 Å². The van der Waals surface area contributed by atoms with Crippen LogP contribution in [0.1, 0.15) is 53.7 Å². The third kappa shape index (κ3) is 3.36. The van der Waals surface area contributed by atoms with E-state index in [2.05, 4.69) is 11.1 Å². The lowest BCUT2D eigenvalue weighted by Crippen LogP contribution is -2.32. The van der Waals surface area contributed by atoms with Crippen LogP contribution >= 0.6 is 0 Å². The second kappa shape index (κ2) is 6.86. The Hall–Kier alpha value is -2.83. The first-order chi connectivity index (χ1) is 14.3. The predicted molar refractivity (Wildman–Crippen MR) is 107 cm³/mol. The van der Waals surface area contributed by atoms with Crippen LogP contribution in [-0.2, 0) is 11.0 Å². The Morgan fingerprint density at radius 2 is 1.93 bits per heavy atom. The minimum Gasteiger partial charge on any atom is -0.340 e. The lowest BCUT2D eigenvalue weighted by Gasteiger charge is -2.23. The molecule has 2 heterocycles. The molecule has 30 heavy (non-hydrogen) atoms. The fraction of sp³-hybridized carbons (Fsp3) is 0.391. The lowest BCUT2D eigenvalue weighted by atomic mass is 10.1. The zero-order valence-corrected chi connectivity index (χ0v) is 16.5. The molecule has 4 nitrogen and oxygen atoms in total. The van der Waals surface area contributed by atoms with E-state index in [1.807, 2.05) is 24.0 Å². The number of hydrogen-bond donors (Lipinski definition) is 1. The second-order valence-electron chi connectivity index (χ2n) is 8.40. The third-order valence-corrected chi connectivity index (χ3v) is 6.28. The number of H-pyrrole nitrogens is 1. The normalized spacial score (nSPS) is 23.9. The number of benzene rings is 2. The maximum atomic E-state index is 13.2. The standard InChI is InChI=1S/C23H22F3N3O/c1-13-4-9-18-19(11-13)28-21(27-18)20-3-2-10-29(20)22(30)17-12-16(17)14-5-7-15(8-6-14)23(24,25)26/h4-9,11,16-17,20H,2-3,10,12H2,1H3,(H,27,28). The van der Waals surface area contributed by atoms with E-state index in [-0.39, 0.29) is 23.8 Å². The summed E-state index contributed by atoms with van der Waals surface area (Å²) >= 11 is 0. The van der Waals surface area contributed by atoms with Crippen LogP contribution in [-0.4, -0.2) is 27.3 Å². The van der Waals surface area contributed by atoms with Crippen LogP contribution in [0.3, 0.4) is 0 Å². The van der Waals surface area contributed by atoms with Gasteiger partial charge in [-0.25, -0.2) is 4.98 Å². The minimum absolute atomic E-state index is 0.000596. The number of fused-ring (bicyclic) bond motifs is 1. The first-order valence-electron chi connectivity index (χ1n) is 10.2. The van der Waals surface area contributed by atoms with Crippen molar-refractivity contribution in [2.75, 3.05) is 6.54 Å². The number of carbonyl (C=O) groups is 1. The summed E-state index contributed by atoms with van der Waals surface area (Å²) in [5.74, 6) is 0.737. The molecule has 1 saturated carbocycles. The number of aromatic nitrogens is 2. The number of nitrogens with zero attached hydrogens (tertiary/aromatic N) is 2. The zero-order chi connectivity index (χ0) is 21.0. The van der Waals surface area contributed by atoms with Gasteiger partial charge < -0.3 is 9.88 Å². The highest BCUT2D eigenvalue weighted by atomic mass is 19.4. The van der Waals surface area contributed by atoms with E-state index in [1.54, 1.807) is 0 Å². The fourth-order valence-corrected chi connectivity index (χ4v) is 4.58. The van der Waals surface area contributed by atoms with Crippen molar-refractivity contribution in [2.24, 2.45) is 5.92 Å². The number of carbonyl (C=O) groups excluding carboxylic acids is 1. The third-order valence-electron chi connectivity index (χ3n) is 6.28. The molecule has 7 heteroatoms. The smallest absolute Gasteiger partial charge is 0.340 e. The number of likely N-dealkylation sites (tertiary alicyclic amines) is 1. The van der Waals surface area contributed by atoms with Crippen molar-refractivity contribution >= 4 is 16.9 Å². The van der Waals surface area contributed by atoms with Gasteiger partial charge in [0.2, 0.25) is 5.91 Å². The Bertz CT molecular complexity index is 1100. The molecule has 1 amide bonds.